The van der Waals surface area contributed by atoms with Gasteiger partial charge in [0, 0.05) is 25.5 Å². The van der Waals surface area contributed by atoms with Gasteiger partial charge < -0.3 is 5.32 Å². The molecule has 4 heteroatoms. The maximum absolute atomic E-state index is 4.23. The van der Waals surface area contributed by atoms with Gasteiger partial charge in [-0.15, -0.1) is 0 Å². The third-order valence-corrected chi connectivity index (χ3v) is 2.06. The second kappa shape index (κ2) is 7.21. The molecule has 0 saturated carbocycles. The van der Waals surface area contributed by atoms with Gasteiger partial charge in [0.15, 0.2) is 0 Å². The maximum Gasteiger partial charge on any atom is 2.00 e. The summed E-state index contributed by atoms with van der Waals surface area (Å²) >= 11 is 0. The third kappa shape index (κ3) is 4.17. The van der Waals surface area contributed by atoms with Gasteiger partial charge in [0.25, 0.3) is 0 Å². The van der Waals surface area contributed by atoms with Crippen molar-refractivity contribution in [2.75, 3.05) is 0 Å². The molecule has 2 heterocycles. The van der Waals surface area contributed by atoms with Crippen molar-refractivity contribution >= 4 is 0 Å². The Morgan fingerprint density at radius 3 is 1.69 bits per heavy atom. The smallest absolute Gasteiger partial charge is 0.306 e. The maximum atomic E-state index is 4.23. The number of nitrogens with one attached hydrogen (secondary N) is 1. The Kier molecular flexibility index (Phi) is 5.83. The second-order valence-electron chi connectivity index (χ2n) is 3.25. The largest absolute Gasteiger partial charge is 2.00 e. The fourth-order valence-corrected chi connectivity index (χ4v) is 1.32. The molecule has 0 aliphatic heterocycles. The molecule has 2 aromatic rings. The van der Waals surface area contributed by atoms with Crippen molar-refractivity contribution in [2.45, 2.75) is 13.1 Å². The SMILES string of the molecule is [Zn+2].c1ccc(CNCc2ccccn2)nc1. The van der Waals surface area contributed by atoms with Gasteiger partial charge in [0.05, 0.1) is 11.4 Å². The van der Waals surface area contributed by atoms with Gasteiger partial charge in [-0.1, -0.05) is 12.1 Å². The molecule has 76 valence electrons. The van der Waals surface area contributed by atoms with Crippen LogP contribution in [-0.4, -0.2) is 9.97 Å². The number of rotatable bonds is 4. The number of nitrogens with zero attached hydrogens (tertiary/aromatic N) is 2. The van der Waals surface area contributed by atoms with Crippen molar-refractivity contribution < 1.29 is 19.5 Å². The summed E-state index contributed by atoms with van der Waals surface area (Å²) in [7, 11) is 0. The molecule has 0 atom stereocenters. The molecular weight excluding hydrogens is 252 g/mol. The molecule has 0 aliphatic carbocycles. The van der Waals surface area contributed by atoms with E-state index in [4.69, 9.17) is 0 Å². The zero-order valence-electron chi connectivity index (χ0n) is 9.13. The number of hydrogen-bond donors (Lipinski definition) is 1. The van der Waals surface area contributed by atoms with E-state index in [1.807, 2.05) is 36.4 Å². The van der Waals surface area contributed by atoms with Gasteiger partial charge in [-0.2, -0.15) is 0 Å². The molecule has 0 spiro atoms. The summed E-state index contributed by atoms with van der Waals surface area (Å²) < 4.78 is 0. The van der Waals surface area contributed by atoms with Crippen LogP contribution in [0, 0.1) is 0 Å². The predicted octanol–water partition coefficient (Wildman–Crippen LogP) is 1.76. The van der Waals surface area contributed by atoms with Gasteiger partial charge >= 0.3 is 19.5 Å². The fraction of sp³-hybridized carbons (Fsp3) is 0.167. The third-order valence-electron chi connectivity index (χ3n) is 2.06. The van der Waals surface area contributed by atoms with Gasteiger partial charge in [0.2, 0.25) is 0 Å². The first-order chi connectivity index (χ1) is 7.45. The van der Waals surface area contributed by atoms with Crippen LogP contribution in [0.4, 0.5) is 0 Å². The predicted molar refractivity (Wildman–Crippen MR) is 59.0 cm³/mol. The van der Waals surface area contributed by atoms with E-state index in [-0.39, 0.29) is 19.5 Å². The topological polar surface area (TPSA) is 37.8 Å². The van der Waals surface area contributed by atoms with Crippen molar-refractivity contribution in [1.29, 1.82) is 0 Å². The Bertz CT molecular complexity index is 352. The molecule has 0 amide bonds. The average molecular weight is 265 g/mol. The summed E-state index contributed by atoms with van der Waals surface area (Å²) in [5, 5.41) is 3.29. The van der Waals surface area contributed by atoms with Crippen LogP contribution < -0.4 is 5.32 Å². The van der Waals surface area contributed by atoms with Crippen LogP contribution in [0.5, 0.6) is 0 Å². The Morgan fingerprint density at radius 2 is 1.31 bits per heavy atom. The second-order valence-corrected chi connectivity index (χ2v) is 3.25. The Hall–Kier alpha value is -1.12. The zero-order chi connectivity index (χ0) is 10.3. The summed E-state index contributed by atoms with van der Waals surface area (Å²) in [5.41, 5.74) is 2.10. The average Bonchev–Trinajstić information content (AvgIpc) is 2.32. The molecule has 0 unspecified atom stereocenters. The van der Waals surface area contributed by atoms with Gasteiger partial charge in [-0.05, 0) is 24.3 Å². The minimum atomic E-state index is 0. The summed E-state index contributed by atoms with van der Waals surface area (Å²) in [6.07, 6.45) is 3.61. The summed E-state index contributed by atoms with van der Waals surface area (Å²) in [4.78, 5) is 8.45. The van der Waals surface area contributed by atoms with Crippen molar-refractivity contribution in [3.05, 3.63) is 60.2 Å². The molecule has 3 nitrogen and oxygen atoms in total. The number of pyridine rings is 2. The van der Waals surface area contributed by atoms with Gasteiger partial charge in [-0.3, -0.25) is 9.97 Å². The molecule has 0 bridgehead atoms. The van der Waals surface area contributed by atoms with Crippen molar-refractivity contribution in [1.82, 2.24) is 15.3 Å². The molecule has 16 heavy (non-hydrogen) atoms. The minimum absolute atomic E-state index is 0. The molecule has 0 aromatic carbocycles. The first-order valence-corrected chi connectivity index (χ1v) is 4.96. The van der Waals surface area contributed by atoms with Crippen LogP contribution in [0.15, 0.2) is 48.8 Å². The standard InChI is InChI=1S/C12H13N3.Zn/c1-3-7-14-11(5-1)9-13-10-12-6-2-4-8-15-12;/h1-8,13H,9-10H2;/q;+2. The van der Waals surface area contributed by atoms with Gasteiger partial charge in [0.1, 0.15) is 0 Å². The molecular formula is C12H13N3Zn+2. The zero-order valence-corrected chi connectivity index (χ0v) is 12.1. The summed E-state index contributed by atoms with van der Waals surface area (Å²) in [5.74, 6) is 0. The first-order valence-electron chi connectivity index (χ1n) is 4.96. The van der Waals surface area contributed by atoms with Crippen LogP contribution in [0.2, 0.25) is 0 Å². The Labute approximate surface area is 108 Å². The Morgan fingerprint density at radius 1 is 0.812 bits per heavy atom. The normalized spacial score (nSPS) is 9.50. The van der Waals surface area contributed by atoms with Crippen LogP contribution in [-0.2, 0) is 32.6 Å². The number of aromatic nitrogens is 2. The molecule has 1 N–H and O–H groups in total. The van der Waals surface area contributed by atoms with E-state index in [0.29, 0.717) is 0 Å². The van der Waals surface area contributed by atoms with Crippen molar-refractivity contribution in [2.24, 2.45) is 0 Å². The quantitative estimate of drug-likeness (QED) is 0.855. The van der Waals surface area contributed by atoms with Crippen LogP contribution in [0.25, 0.3) is 0 Å². The summed E-state index contributed by atoms with van der Waals surface area (Å²) in [6.45, 7) is 1.55. The van der Waals surface area contributed by atoms with Crippen LogP contribution in [0.1, 0.15) is 11.4 Å². The molecule has 0 saturated heterocycles. The number of hydrogen-bond acceptors (Lipinski definition) is 3. The van der Waals surface area contributed by atoms with Crippen molar-refractivity contribution in [3.8, 4) is 0 Å². The van der Waals surface area contributed by atoms with E-state index in [2.05, 4.69) is 15.3 Å². The molecule has 0 radical (unpaired) electrons. The van der Waals surface area contributed by atoms with E-state index in [0.717, 1.165) is 24.5 Å². The van der Waals surface area contributed by atoms with E-state index in [9.17, 15) is 0 Å². The molecule has 2 rings (SSSR count). The van der Waals surface area contributed by atoms with Crippen LogP contribution in [0.3, 0.4) is 0 Å². The fourth-order valence-electron chi connectivity index (χ4n) is 1.32. The monoisotopic (exact) mass is 263 g/mol. The van der Waals surface area contributed by atoms with Crippen LogP contribution >= 0.6 is 0 Å². The summed E-state index contributed by atoms with van der Waals surface area (Å²) in [6, 6.07) is 11.8. The Balaban J connectivity index is 0.00000128. The van der Waals surface area contributed by atoms with E-state index >= 15 is 0 Å². The first kappa shape index (κ1) is 13.0. The molecule has 2 aromatic heterocycles. The van der Waals surface area contributed by atoms with Gasteiger partial charge in [-0.25, -0.2) is 0 Å². The van der Waals surface area contributed by atoms with E-state index in [1.165, 1.54) is 0 Å². The molecule has 0 fully saturated rings. The van der Waals surface area contributed by atoms with Crippen molar-refractivity contribution in [3.63, 3.8) is 0 Å². The molecule has 0 aliphatic rings. The minimum Gasteiger partial charge on any atom is -0.306 e. The van der Waals surface area contributed by atoms with E-state index < -0.39 is 0 Å². The van der Waals surface area contributed by atoms with E-state index in [1.54, 1.807) is 12.4 Å².